The molecule has 0 aliphatic carbocycles. The number of hydrogen-bond acceptors (Lipinski definition) is 2. The second kappa shape index (κ2) is 11.1. The van der Waals surface area contributed by atoms with Crippen LogP contribution in [0.5, 0.6) is 0 Å². The first-order valence-corrected chi connectivity index (χ1v) is 10.5. The number of rotatable bonds is 9. The first-order valence-electron chi connectivity index (χ1n) is 10.5. The second-order valence-electron chi connectivity index (χ2n) is 7.93. The molecular weight excluding hydrogens is 328 g/mol. The van der Waals surface area contributed by atoms with Gasteiger partial charge in [0.25, 0.3) is 0 Å². The summed E-state index contributed by atoms with van der Waals surface area (Å²) < 4.78 is 0. The van der Waals surface area contributed by atoms with Crippen molar-refractivity contribution in [2.45, 2.75) is 32.6 Å². The minimum Gasteiger partial charge on any atom is -0.313 e. The maximum atomic E-state index is 3.60. The van der Waals surface area contributed by atoms with Gasteiger partial charge in [0, 0.05) is 13.1 Å². The van der Waals surface area contributed by atoms with E-state index in [9.17, 15) is 0 Å². The number of nitrogens with zero attached hydrogens (tertiary/aromatic N) is 1. The van der Waals surface area contributed by atoms with Crippen molar-refractivity contribution in [2.75, 3.05) is 32.7 Å². The van der Waals surface area contributed by atoms with Crippen molar-refractivity contribution in [2.24, 2.45) is 5.92 Å². The van der Waals surface area contributed by atoms with Gasteiger partial charge in [0.05, 0.1) is 0 Å². The molecule has 1 saturated heterocycles. The molecule has 1 aliphatic rings. The van der Waals surface area contributed by atoms with E-state index in [0.29, 0.717) is 0 Å². The molecule has 0 saturated carbocycles. The van der Waals surface area contributed by atoms with Gasteiger partial charge in [-0.25, -0.2) is 0 Å². The van der Waals surface area contributed by atoms with Gasteiger partial charge in [0.2, 0.25) is 0 Å². The Morgan fingerprint density at radius 3 is 2.59 bits per heavy atom. The molecule has 3 rings (SSSR count). The van der Waals surface area contributed by atoms with Crippen LogP contribution in [-0.2, 0) is 6.42 Å². The van der Waals surface area contributed by atoms with E-state index in [-0.39, 0.29) is 0 Å². The molecule has 0 radical (unpaired) electrons. The van der Waals surface area contributed by atoms with Gasteiger partial charge in [-0.3, -0.25) is 0 Å². The Hall–Kier alpha value is -1.90. The van der Waals surface area contributed by atoms with Gasteiger partial charge in [-0.05, 0) is 69.3 Å². The van der Waals surface area contributed by atoms with Crippen LogP contribution >= 0.6 is 0 Å². The third kappa shape index (κ3) is 7.32. The fourth-order valence-corrected chi connectivity index (χ4v) is 4.07. The third-order valence-electron chi connectivity index (χ3n) is 5.41. The quantitative estimate of drug-likeness (QED) is 0.630. The molecule has 1 heterocycles. The van der Waals surface area contributed by atoms with Crippen LogP contribution in [0.1, 0.15) is 37.3 Å². The summed E-state index contributed by atoms with van der Waals surface area (Å²) in [6, 6.07) is 21.5. The van der Waals surface area contributed by atoms with Crippen LogP contribution in [0.4, 0.5) is 0 Å². The summed E-state index contributed by atoms with van der Waals surface area (Å²) in [6.45, 7) is 8.05. The molecule has 0 amide bonds. The Labute approximate surface area is 165 Å². The summed E-state index contributed by atoms with van der Waals surface area (Å²) in [5.41, 5.74) is 4.17. The van der Waals surface area contributed by atoms with Crippen molar-refractivity contribution >= 4 is 6.08 Å². The smallest absolute Gasteiger partial charge is 0.0165 e. The molecule has 1 atom stereocenters. The zero-order valence-corrected chi connectivity index (χ0v) is 16.7. The molecule has 0 aromatic heterocycles. The molecule has 0 spiro atoms. The summed E-state index contributed by atoms with van der Waals surface area (Å²) in [5.74, 6) is 0.824. The molecule has 144 valence electrons. The highest BCUT2D eigenvalue weighted by Crippen LogP contribution is 2.20. The Balaban J connectivity index is 1.31. The van der Waals surface area contributed by atoms with Crippen LogP contribution in [0.15, 0.2) is 66.2 Å². The fraction of sp³-hybridized carbons (Fsp3) is 0.440. The highest BCUT2D eigenvalue weighted by atomic mass is 15.1. The topological polar surface area (TPSA) is 15.3 Å². The van der Waals surface area contributed by atoms with Gasteiger partial charge in [-0.2, -0.15) is 0 Å². The van der Waals surface area contributed by atoms with Crippen LogP contribution in [0.25, 0.3) is 6.08 Å². The number of benzene rings is 2. The lowest BCUT2D eigenvalue weighted by Gasteiger charge is -2.32. The maximum absolute atomic E-state index is 3.60. The van der Waals surface area contributed by atoms with Crippen molar-refractivity contribution in [1.29, 1.82) is 0 Å². The SMILES string of the molecule is C/C(=C\c1ccccc1)CNCCCN1CCCC(Cc2ccccc2)C1. The Morgan fingerprint density at radius 2 is 1.81 bits per heavy atom. The van der Waals surface area contributed by atoms with E-state index in [1.54, 1.807) is 0 Å². The monoisotopic (exact) mass is 362 g/mol. The average Bonchev–Trinajstić information content (AvgIpc) is 2.70. The largest absolute Gasteiger partial charge is 0.313 e. The Kier molecular flexibility index (Phi) is 8.13. The van der Waals surface area contributed by atoms with Crippen molar-refractivity contribution in [3.63, 3.8) is 0 Å². The van der Waals surface area contributed by atoms with Crippen LogP contribution in [0, 0.1) is 5.92 Å². The van der Waals surface area contributed by atoms with E-state index in [1.165, 1.54) is 62.0 Å². The lowest BCUT2D eigenvalue weighted by Crippen LogP contribution is -2.37. The molecule has 1 fully saturated rings. The van der Waals surface area contributed by atoms with E-state index < -0.39 is 0 Å². The predicted molar refractivity (Wildman–Crippen MR) is 117 cm³/mol. The molecule has 2 aromatic carbocycles. The van der Waals surface area contributed by atoms with Crippen LogP contribution in [0.3, 0.4) is 0 Å². The molecule has 2 heteroatoms. The molecule has 27 heavy (non-hydrogen) atoms. The van der Waals surface area contributed by atoms with Crippen LogP contribution < -0.4 is 5.32 Å². The summed E-state index contributed by atoms with van der Waals surface area (Å²) in [5, 5.41) is 3.60. The average molecular weight is 363 g/mol. The van der Waals surface area contributed by atoms with Gasteiger partial charge < -0.3 is 10.2 Å². The number of hydrogen-bond donors (Lipinski definition) is 1. The summed E-state index contributed by atoms with van der Waals surface area (Å²) in [7, 11) is 0. The normalized spacial score (nSPS) is 18.6. The second-order valence-corrected chi connectivity index (χ2v) is 7.93. The third-order valence-corrected chi connectivity index (χ3v) is 5.41. The van der Waals surface area contributed by atoms with E-state index in [1.807, 2.05) is 0 Å². The Morgan fingerprint density at radius 1 is 1.07 bits per heavy atom. The number of nitrogens with one attached hydrogen (secondary N) is 1. The first kappa shape index (κ1) is 19.9. The van der Waals surface area contributed by atoms with Crippen molar-refractivity contribution in [3.05, 3.63) is 77.4 Å². The van der Waals surface area contributed by atoms with Crippen LogP contribution in [-0.4, -0.2) is 37.6 Å². The van der Waals surface area contributed by atoms with Gasteiger partial charge in [-0.1, -0.05) is 72.3 Å². The summed E-state index contributed by atoms with van der Waals surface area (Å²) in [4.78, 5) is 2.67. The summed E-state index contributed by atoms with van der Waals surface area (Å²) >= 11 is 0. The molecule has 2 nitrogen and oxygen atoms in total. The van der Waals surface area contributed by atoms with Gasteiger partial charge in [0.15, 0.2) is 0 Å². The van der Waals surface area contributed by atoms with Crippen LogP contribution in [0.2, 0.25) is 0 Å². The fourth-order valence-electron chi connectivity index (χ4n) is 4.07. The van der Waals surface area contributed by atoms with E-state index in [0.717, 1.165) is 19.0 Å². The van der Waals surface area contributed by atoms with E-state index in [2.05, 4.69) is 83.9 Å². The number of piperidine rings is 1. The minimum absolute atomic E-state index is 0.824. The van der Waals surface area contributed by atoms with Gasteiger partial charge in [0.1, 0.15) is 0 Å². The van der Waals surface area contributed by atoms with E-state index >= 15 is 0 Å². The van der Waals surface area contributed by atoms with Crippen molar-refractivity contribution in [1.82, 2.24) is 10.2 Å². The summed E-state index contributed by atoms with van der Waals surface area (Å²) in [6.07, 6.45) is 7.47. The molecule has 1 N–H and O–H groups in total. The molecule has 1 aliphatic heterocycles. The molecule has 0 bridgehead atoms. The highest BCUT2D eigenvalue weighted by molar-refractivity contribution is 5.52. The predicted octanol–water partition coefficient (Wildman–Crippen LogP) is 5.02. The highest BCUT2D eigenvalue weighted by Gasteiger charge is 2.19. The Bertz CT molecular complexity index is 678. The minimum atomic E-state index is 0.824. The zero-order chi connectivity index (χ0) is 18.7. The van der Waals surface area contributed by atoms with Gasteiger partial charge in [-0.15, -0.1) is 0 Å². The standard InChI is InChI=1S/C25H34N2/c1-22(18-23-10-4-2-5-11-23)20-26-15-9-17-27-16-8-14-25(21-27)19-24-12-6-3-7-13-24/h2-7,10-13,18,25-26H,8-9,14-17,19-21H2,1H3/b22-18+. The van der Waals surface area contributed by atoms with E-state index in [4.69, 9.17) is 0 Å². The molecule has 2 aromatic rings. The maximum Gasteiger partial charge on any atom is 0.0165 e. The lowest BCUT2D eigenvalue weighted by molar-refractivity contribution is 0.172. The first-order chi connectivity index (χ1) is 13.3. The van der Waals surface area contributed by atoms with Crippen molar-refractivity contribution in [3.8, 4) is 0 Å². The molecular formula is C25H34N2. The van der Waals surface area contributed by atoms with Crippen molar-refractivity contribution < 1.29 is 0 Å². The molecule has 1 unspecified atom stereocenters. The lowest BCUT2D eigenvalue weighted by atomic mass is 9.91. The zero-order valence-electron chi connectivity index (χ0n) is 16.7. The number of likely N-dealkylation sites (tertiary alicyclic amines) is 1. The van der Waals surface area contributed by atoms with Gasteiger partial charge >= 0.3 is 0 Å².